The van der Waals surface area contributed by atoms with Crippen LogP contribution in [0.1, 0.15) is 19.4 Å². The molecule has 0 unspecified atom stereocenters. The number of rotatable bonds is 5. The van der Waals surface area contributed by atoms with Gasteiger partial charge in [0, 0.05) is 12.1 Å². The number of aliphatic carboxylic acids is 1. The van der Waals surface area contributed by atoms with E-state index < -0.39 is 10.9 Å². The van der Waals surface area contributed by atoms with Crippen LogP contribution in [0.5, 0.6) is 5.75 Å². The Bertz CT molecular complexity index is 493. The highest BCUT2D eigenvalue weighted by Gasteiger charge is 2.16. The molecule has 6 nitrogen and oxygen atoms in total. The number of carboxylic acid groups (broad SMARTS) is 1. The second-order valence-electron chi connectivity index (χ2n) is 3.82. The van der Waals surface area contributed by atoms with Gasteiger partial charge in [-0.2, -0.15) is 0 Å². The third-order valence-corrected chi connectivity index (χ3v) is 1.96. The van der Waals surface area contributed by atoms with Crippen LogP contribution in [0.3, 0.4) is 0 Å². The molecule has 0 saturated heterocycles. The predicted octanol–water partition coefficient (Wildman–Crippen LogP) is 2.48. The molecule has 0 heterocycles. The first-order chi connectivity index (χ1) is 8.40. The summed E-state index contributed by atoms with van der Waals surface area (Å²) in [5.41, 5.74) is 0.384. The minimum absolute atomic E-state index is 0.127. The van der Waals surface area contributed by atoms with Crippen LogP contribution in [0.15, 0.2) is 24.3 Å². The number of carbonyl (C=O) groups is 1. The van der Waals surface area contributed by atoms with Gasteiger partial charge in [-0.25, -0.2) is 4.79 Å². The van der Waals surface area contributed by atoms with Crippen LogP contribution in [0.4, 0.5) is 5.69 Å². The summed E-state index contributed by atoms with van der Waals surface area (Å²) in [4.78, 5) is 20.6. The van der Waals surface area contributed by atoms with E-state index in [9.17, 15) is 14.9 Å². The van der Waals surface area contributed by atoms with Gasteiger partial charge >= 0.3 is 11.7 Å². The second kappa shape index (κ2) is 5.81. The van der Waals surface area contributed by atoms with Crippen molar-refractivity contribution in [1.29, 1.82) is 0 Å². The van der Waals surface area contributed by atoms with Crippen molar-refractivity contribution >= 4 is 17.7 Å². The maximum Gasteiger partial charge on any atom is 0.328 e. The zero-order valence-electron chi connectivity index (χ0n) is 9.99. The maximum atomic E-state index is 10.8. The van der Waals surface area contributed by atoms with Crippen LogP contribution in [-0.4, -0.2) is 22.1 Å². The number of carboxylic acids is 1. The fourth-order valence-corrected chi connectivity index (χ4v) is 1.30. The molecule has 0 spiro atoms. The van der Waals surface area contributed by atoms with Gasteiger partial charge in [0.2, 0.25) is 0 Å². The van der Waals surface area contributed by atoms with Crippen LogP contribution in [0.2, 0.25) is 0 Å². The van der Waals surface area contributed by atoms with Gasteiger partial charge in [0.1, 0.15) is 0 Å². The van der Waals surface area contributed by atoms with Crippen LogP contribution in [0, 0.1) is 10.1 Å². The zero-order chi connectivity index (χ0) is 13.7. The van der Waals surface area contributed by atoms with Gasteiger partial charge < -0.3 is 9.84 Å². The average Bonchev–Trinajstić information content (AvgIpc) is 2.25. The molecular formula is C12H13NO5. The molecule has 1 rings (SSSR count). The lowest BCUT2D eigenvalue weighted by Gasteiger charge is -2.10. The van der Waals surface area contributed by atoms with E-state index in [-0.39, 0.29) is 17.5 Å². The molecule has 1 aromatic rings. The Morgan fingerprint density at radius 3 is 2.67 bits per heavy atom. The first-order valence-electron chi connectivity index (χ1n) is 5.26. The summed E-state index contributed by atoms with van der Waals surface area (Å²) in [6.07, 6.45) is 2.10. The molecule has 0 saturated carbocycles. The lowest BCUT2D eigenvalue weighted by molar-refractivity contribution is -0.386. The zero-order valence-corrected chi connectivity index (χ0v) is 9.99. The number of nitro groups is 1. The van der Waals surface area contributed by atoms with Crippen molar-refractivity contribution in [3.05, 3.63) is 40.0 Å². The first kappa shape index (κ1) is 13.7. The Labute approximate surface area is 104 Å². The van der Waals surface area contributed by atoms with E-state index in [0.29, 0.717) is 5.56 Å². The molecule has 0 bridgehead atoms. The van der Waals surface area contributed by atoms with Gasteiger partial charge in [-0.05, 0) is 37.6 Å². The SMILES string of the molecule is CC(C)Oc1cc(C=CC(=O)O)ccc1[N+](=O)[O-]. The normalized spacial score (nSPS) is 10.8. The average molecular weight is 251 g/mol. The summed E-state index contributed by atoms with van der Waals surface area (Å²) in [7, 11) is 0. The number of hydrogen-bond donors (Lipinski definition) is 1. The minimum atomic E-state index is -1.08. The molecule has 0 fully saturated rings. The van der Waals surface area contributed by atoms with Crippen molar-refractivity contribution in [2.24, 2.45) is 0 Å². The smallest absolute Gasteiger partial charge is 0.328 e. The number of nitrogens with zero attached hydrogens (tertiary/aromatic N) is 1. The Morgan fingerprint density at radius 2 is 2.17 bits per heavy atom. The van der Waals surface area contributed by atoms with Crippen molar-refractivity contribution < 1.29 is 19.6 Å². The number of ether oxygens (including phenoxy) is 1. The van der Waals surface area contributed by atoms with Crippen LogP contribution < -0.4 is 4.74 Å². The predicted molar refractivity (Wildman–Crippen MR) is 65.5 cm³/mol. The summed E-state index contributed by atoms with van der Waals surface area (Å²) >= 11 is 0. The van der Waals surface area contributed by atoms with Crippen LogP contribution >= 0.6 is 0 Å². The molecule has 6 heteroatoms. The third kappa shape index (κ3) is 3.89. The van der Waals surface area contributed by atoms with Crippen molar-refractivity contribution in [2.45, 2.75) is 20.0 Å². The van der Waals surface area contributed by atoms with E-state index >= 15 is 0 Å². The molecule has 1 N–H and O–H groups in total. The maximum absolute atomic E-state index is 10.8. The topological polar surface area (TPSA) is 89.7 Å². The van der Waals surface area contributed by atoms with Gasteiger partial charge in [0.15, 0.2) is 5.75 Å². The second-order valence-corrected chi connectivity index (χ2v) is 3.82. The van der Waals surface area contributed by atoms with E-state index in [2.05, 4.69) is 0 Å². The number of nitro benzene ring substituents is 1. The molecule has 96 valence electrons. The van der Waals surface area contributed by atoms with Crippen molar-refractivity contribution in [1.82, 2.24) is 0 Å². The molecule has 1 aromatic carbocycles. The van der Waals surface area contributed by atoms with Crippen molar-refractivity contribution in [3.8, 4) is 5.75 Å². The molecule has 0 atom stereocenters. The molecule has 0 aliphatic rings. The van der Waals surface area contributed by atoms with Gasteiger partial charge in [-0.1, -0.05) is 0 Å². The van der Waals surface area contributed by atoms with Crippen molar-refractivity contribution in [3.63, 3.8) is 0 Å². The highest BCUT2D eigenvalue weighted by atomic mass is 16.6. The molecule has 18 heavy (non-hydrogen) atoms. The van der Waals surface area contributed by atoms with Crippen LogP contribution in [0.25, 0.3) is 6.08 Å². The highest BCUT2D eigenvalue weighted by molar-refractivity contribution is 5.85. The lowest BCUT2D eigenvalue weighted by atomic mass is 10.1. The Morgan fingerprint density at radius 1 is 1.50 bits per heavy atom. The molecule has 0 aliphatic heterocycles. The standard InChI is InChI=1S/C12H13NO5/c1-8(2)18-11-7-9(4-6-12(14)15)3-5-10(11)13(16)17/h3-8H,1-2H3,(H,14,15). The van der Waals surface area contributed by atoms with E-state index in [0.717, 1.165) is 6.08 Å². The molecular weight excluding hydrogens is 238 g/mol. The highest BCUT2D eigenvalue weighted by Crippen LogP contribution is 2.29. The van der Waals surface area contributed by atoms with E-state index in [4.69, 9.17) is 9.84 Å². The minimum Gasteiger partial charge on any atom is -0.484 e. The Hall–Kier alpha value is -2.37. The first-order valence-corrected chi connectivity index (χ1v) is 5.26. The van der Waals surface area contributed by atoms with Gasteiger partial charge in [-0.3, -0.25) is 10.1 Å². The number of hydrogen-bond acceptors (Lipinski definition) is 4. The quantitative estimate of drug-likeness (QED) is 0.493. The summed E-state index contributed by atoms with van der Waals surface area (Å²) < 4.78 is 5.33. The van der Waals surface area contributed by atoms with E-state index in [1.54, 1.807) is 13.8 Å². The van der Waals surface area contributed by atoms with Crippen LogP contribution in [-0.2, 0) is 4.79 Å². The Balaban J connectivity index is 3.12. The lowest BCUT2D eigenvalue weighted by Crippen LogP contribution is -2.07. The fraction of sp³-hybridized carbons (Fsp3) is 0.250. The third-order valence-electron chi connectivity index (χ3n) is 1.96. The van der Waals surface area contributed by atoms with E-state index in [1.807, 2.05) is 0 Å². The largest absolute Gasteiger partial charge is 0.484 e. The molecule has 0 aromatic heterocycles. The molecule has 0 aliphatic carbocycles. The van der Waals surface area contributed by atoms with Gasteiger partial charge in [0.05, 0.1) is 11.0 Å². The molecule has 0 amide bonds. The summed E-state index contributed by atoms with van der Waals surface area (Å²) in [6, 6.07) is 4.20. The number of benzene rings is 1. The summed E-state index contributed by atoms with van der Waals surface area (Å²) in [6.45, 7) is 3.51. The van der Waals surface area contributed by atoms with Gasteiger partial charge in [0.25, 0.3) is 0 Å². The molecule has 0 radical (unpaired) electrons. The van der Waals surface area contributed by atoms with Crippen molar-refractivity contribution in [2.75, 3.05) is 0 Å². The summed E-state index contributed by atoms with van der Waals surface area (Å²) in [5.74, 6) is -0.956. The monoisotopic (exact) mass is 251 g/mol. The van der Waals surface area contributed by atoms with E-state index in [1.165, 1.54) is 24.3 Å². The summed E-state index contributed by atoms with van der Waals surface area (Å²) in [5, 5.41) is 19.3. The Kier molecular flexibility index (Phi) is 4.42. The van der Waals surface area contributed by atoms with Gasteiger partial charge in [-0.15, -0.1) is 0 Å². The fourth-order valence-electron chi connectivity index (χ4n) is 1.30.